The number of carbonyl (C=O) groups is 1. The Bertz CT molecular complexity index is 600. The minimum absolute atomic E-state index is 0.0513. The summed E-state index contributed by atoms with van der Waals surface area (Å²) in [7, 11) is 1.86. The van der Waals surface area contributed by atoms with Crippen LogP contribution in [0.25, 0.3) is 10.9 Å². The van der Waals surface area contributed by atoms with Gasteiger partial charge in [-0.05, 0) is 30.9 Å². The Balaban J connectivity index is 1.92. The normalized spacial score (nSPS) is 16.5. The second-order valence-corrected chi connectivity index (χ2v) is 5.30. The van der Waals surface area contributed by atoms with E-state index in [2.05, 4.69) is 4.98 Å². The maximum Gasteiger partial charge on any atom is 0.256 e. The SMILES string of the molecule is CN(C(=O)c1cccc2cc[nH]c12)C(CN)C1CC1. The topological polar surface area (TPSA) is 62.1 Å². The number of aromatic amines is 1. The fourth-order valence-electron chi connectivity index (χ4n) is 2.75. The quantitative estimate of drug-likeness (QED) is 0.879. The number of para-hydroxylation sites is 1. The van der Waals surface area contributed by atoms with E-state index in [1.807, 2.05) is 42.4 Å². The smallest absolute Gasteiger partial charge is 0.256 e. The second-order valence-electron chi connectivity index (χ2n) is 5.30. The zero-order chi connectivity index (χ0) is 13.4. The summed E-state index contributed by atoms with van der Waals surface area (Å²) in [6, 6.07) is 7.94. The molecule has 3 rings (SSSR count). The van der Waals surface area contributed by atoms with Crippen molar-refractivity contribution in [2.24, 2.45) is 11.7 Å². The molecule has 1 aromatic carbocycles. The number of likely N-dealkylation sites (N-methyl/N-ethyl adjacent to an activating group) is 1. The Hall–Kier alpha value is -1.81. The molecule has 3 N–H and O–H groups in total. The van der Waals surface area contributed by atoms with E-state index >= 15 is 0 Å². The molecule has 0 radical (unpaired) electrons. The zero-order valence-corrected chi connectivity index (χ0v) is 11.1. The van der Waals surface area contributed by atoms with Gasteiger partial charge in [-0.3, -0.25) is 4.79 Å². The van der Waals surface area contributed by atoms with Crippen molar-refractivity contribution in [2.45, 2.75) is 18.9 Å². The van der Waals surface area contributed by atoms with Gasteiger partial charge in [-0.1, -0.05) is 12.1 Å². The van der Waals surface area contributed by atoms with Gasteiger partial charge < -0.3 is 15.6 Å². The molecule has 0 aliphatic heterocycles. The molecule has 0 spiro atoms. The van der Waals surface area contributed by atoms with Crippen molar-refractivity contribution < 1.29 is 4.79 Å². The van der Waals surface area contributed by atoms with Crippen LogP contribution in [0.1, 0.15) is 23.2 Å². The van der Waals surface area contributed by atoms with E-state index in [0.717, 1.165) is 16.5 Å². The summed E-state index contributed by atoms with van der Waals surface area (Å²) in [5.41, 5.74) is 7.46. The van der Waals surface area contributed by atoms with Crippen LogP contribution >= 0.6 is 0 Å². The summed E-state index contributed by atoms with van der Waals surface area (Å²) in [6.07, 6.45) is 4.24. The van der Waals surface area contributed by atoms with E-state index in [1.54, 1.807) is 0 Å². The van der Waals surface area contributed by atoms with Gasteiger partial charge in [0.25, 0.3) is 5.91 Å². The molecule has 1 heterocycles. The van der Waals surface area contributed by atoms with Crippen LogP contribution in [0.3, 0.4) is 0 Å². The van der Waals surface area contributed by atoms with Gasteiger partial charge in [-0.25, -0.2) is 0 Å². The average Bonchev–Trinajstić information content (AvgIpc) is 3.14. The van der Waals surface area contributed by atoms with Crippen molar-refractivity contribution >= 4 is 16.8 Å². The van der Waals surface area contributed by atoms with Crippen LogP contribution in [-0.2, 0) is 0 Å². The van der Waals surface area contributed by atoms with Gasteiger partial charge in [-0.2, -0.15) is 0 Å². The lowest BCUT2D eigenvalue weighted by Gasteiger charge is -2.27. The van der Waals surface area contributed by atoms with Crippen LogP contribution in [0.4, 0.5) is 0 Å². The standard InChI is InChI=1S/C15H19N3O/c1-18(13(9-16)10-5-6-10)15(19)12-4-2-3-11-7-8-17-14(11)12/h2-4,7-8,10,13,17H,5-6,9,16H2,1H3. The van der Waals surface area contributed by atoms with Gasteiger partial charge in [0.05, 0.1) is 11.1 Å². The number of amides is 1. The molecule has 1 unspecified atom stereocenters. The molecule has 1 aliphatic rings. The van der Waals surface area contributed by atoms with E-state index in [1.165, 1.54) is 12.8 Å². The molecule has 0 saturated heterocycles. The molecule has 100 valence electrons. The summed E-state index contributed by atoms with van der Waals surface area (Å²) in [5.74, 6) is 0.636. The summed E-state index contributed by atoms with van der Waals surface area (Å²) in [4.78, 5) is 17.6. The lowest BCUT2D eigenvalue weighted by molar-refractivity contribution is 0.0720. The first-order valence-corrected chi connectivity index (χ1v) is 6.75. The van der Waals surface area contributed by atoms with Crippen LogP contribution < -0.4 is 5.73 Å². The fourth-order valence-corrected chi connectivity index (χ4v) is 2.75. The maximum absolute atomic E-state index is 12.6. The van der Waals surface area contributed by atoms with E-state index in [-0.39, 0.29) is 11.9 Å². The Morgan fingerprint density at radius 3 is 2.95 bits per heavy atom. The molecule has 1 saturated carbocycles. The molecule has 1 aliphatic carbocycles. The molecule has 1 fully saturated rings. The lowest BCUT2D eigenvalue weighted by atomic mass is 10.1. The number of carbonyl (C=O) groups excluding carboxylic acids is 1. The first kappa shape index (κ1) is 12.2. The van der Waals surface area contributed by atoms with Gasteiger partial charge in [-0.15, -0.1) is 0 Å². The Morgan fingerprint density at radius 1 is 1.47 bits per heavy atom. The van der Waals surface area contributed by atoms with E-state index < -0.39 is 0 Å². The fraction of sp³-hybridized carbons (Fsp3) is 0.400. The number of nitrogens with one attached hydrogen (secondary N) is 1. The first-order valence-electron chi connectivity index (χ1n) is 6.75. The minimum Gasteiger partial charge on any atom is -0.361 e. The predicted molar refractivity (Wildman–Crippen MR) is 76.0 cm³/mol. The Kier molecular flexibility index (Phi) is 3.03. The molecule has 1 aromatic heterocycles. The van der Waals surface area contributed by atoms with E-state index in [9.17, 15) is 4.79 Å². The highest BCUT2D eigenvalue weighted by atomic mass is 16.2. The van der Waals surface area contributed by atoms with Crippen molar-refractivity contribution in [1.82, 2.24) is 9.88 Å². The van der Waals surface area contributed by atoms with Crippen LogP contribution in [0.5, 0.6) is 0 Å². The number of benzene rings is 1. The summed E-state index contributed by atoms with van der Waals surface area (Å²) in [5, 5.41) is 1.06. The largest absolute Gasteiger partial charge is 0.361 e. The molecule has 19 heavy (non-hydrogen) atoms. The predicted octanol–water partition coefficient (Wildman–Crippen LogP) is 1.98. The molecule has 4 nitrogen and oxygen atoms in total. The highest BCUT2D eigenvalue weighted by molar-refractivity contribution is 6.05. The van der Waals surface area contributed by atoms with Gasteiger partial charge in [0.15, 0.2) is 0 Å². The zero-order valence-electron chi connectivity index (χ0n) is 11.1. The van der Waals surface area contributed by atoms with Crippen molar-refractivity contribution in [3.8, 4) is 0 Å². The molecular weight excluding hydrogens is 238 g/mol. The van der Waals surface area contributed by atoms with Crippen LogP contribution in [0, 0.1) is 5.92 Å². The summed E-state index contributed by atoms with van der Waals surface area (Å²) < 4.78 is 0. The number of hydrogen-bond donors (Lipinski definition) is 2. The number of fused-ring (bicyclic) bond motifs is 1. The minimum atomic E-state index is 0.0513. The van der Waals surface area contributed by atoms with Crippen LogP contribution in [-0.4, -0.2) is 35.4 Å². The van der Waals surface area contributed by atoms with Gasteiger partial charge in [0.1, 0.15) is 0 Å². The van der Waals surface area contributed by atoms with Crippen LogP contribution in [0.15, 0.2) is 30.5 Å². The van der Waals surface area contributed by atoms with Crippen LogP contribution in [0.2, 0.25) is 0 Å². The first-order chi connectivity index (χ1) is 9.22. The van der Waals surface area contributed by atoms with E-state index in [4.69, 9.17) is 5.73 Å². The molecule has 4 heteroatoms. The summed E-state index contributed by atoms with van der Waals surface area (Å²) in [6.45, 7) is 0.535. The lowest BCUT2D eigenvalue weighted by Crippen LogP contribution is -2.43. The molecule has 1 atom stereocenters. The number of hydrogen-bond acceptors (Lipinski definition) is 2. The van der Waals surface area contributed by atoms with Gasteiger partial charge in [0, 0.05) is 31.2 Å². The number of nitrogens with zero attached hydrogens (tertiary/aromatic N) is 1. The summed E-state index contributed by atoms with van der Waals surface area (Å²) >= 11 is 0. The third kappa shape index (κ3) is 2.12. The average molecular weight is 257 g/mol. The third-order valence-electron chi connectivity index (χ3n) is 4.04. The number of nitrogens with two attached hydrogens (primary N) is 1. The monoisotopic (exact) mass is 257 g/mol. The Labute approximate surface area is 112 Å². The van der Waals surface area contributed by atoms with Crippen molar-refractivity contribution in [1.29, 1.82) is 0 Å². The van der Waals surface area contributed by atoms with Gasteiger partial charge in [0.2, 0.25) is 0 Å². The Morgan fingerprint density at radius 2 is 2.26 bits per heavy atom. The van der Waals surface area contributed by atoms with Crippen molar-refractivity contribution in [2.75, 3.05) is 13.6 Å². The van der Waals surface area contributed by atoms with E-state index in [0.29, 0.717) is 12.5 Å². The van der Waals surface area contributed by atoms with Crippen molar-refractivity contribution in [3.63, 3.8) is 0 Å². The number of H-pyrrole nitrogens is 1. The molecule has 0 bridgehead atoms. The van der Waals surface area contributed by atoms with Crippen molar-refractivity contribution in [3.05, 3.63) is 36.0 Å². The number of aromatic nitrogens is 1. The molecule has 1 amide bonds. The maximum atomic E-state index is 12.6. The molecule has 2 aromatic rings. The highest BCUT2D eigenvalue weighted by Crippen LogP contribution is 2.35. The molecular formula is C15H19N3O. The highest BCUT2D eigenvalue weighted by Gasteiger charge is 2.35. The van der Waals surface area contributed by atoms with Gasteiger partial charge >= 0.3 is 0 Å². The second kappa shape index (κ2) is 4.70. The number of rotatable bonds is 4. The third-order valence-corrected chi connectivity index (χ3v) is 4.04.